The molecule has 0 amide bonds. The number of hydrogen-bond acceptors (Lipinski definition) is 7. The van der Waals surface area contributed by atoms with Gasteiger partial charge in [0.2, 0.25) is 0 Å². The molecular weight excluding hydrogens is 369 g/mol. The van der Waals surface area contributed by atoms with Crippen LogP contribution in [0.4, 0.5) is 0 Å². The smallest absolute Gasteiger partial charge is 0.0558 e. The van der Waals surface area contributed by atoms with Crippen molar-refractivity contribution in [2.75, 3.05) is 5.75 Å². The fourth-order valence-electron chi connectivity index (χ4n) is 1.73. The van der Waals surface area contributed by atoms with Crippen LogP contribution in [0.5, 0.6) is 0 Å². The Morgan fingerprint density at radius 1 is 0.579 bits per heavy atom. The molecule has 7 heteroatoms. The van der Waals surface area contributed by atoms with E-state index in [2.05, 4.69) is 88.4 Å². The molecule has 0 aromatic rings. The van der Waals surface area contributed by atoms with Gasteiger partial charge >= 0.3 is 0 Å². The summed E-state index contributed by atoms with van der Waals surface area (Å²) in [5.74, 6) is 0.905. The Morgan fingerprint density at radius 2 is 1.00 bits per heavy atom. The lowest BCUT2D eigenvalue weighted by atomic mass is 10.1. The van der Waals surface area contributed by atoms with Crippen molar-refractivity contribution in [1.82, 2.24) is 0 Å². The van der Waals surface area contributed by atoms with E-state index in [9.17, 15) is 0 Å². The largest absolute Gasteiger partial charge is 0.179 e. The van der Waals surface area contributed by atoms with E-state index in [-0.39, 0.29) is 9.83 Å². The topological polar surface area (TPSA) is 0 Å². The van der Waals surface area contributed by atoms with Gasteiger partial charge in [-0.05, 0) is 44.3 Å². The van der Waals surface area contributed by atoms with E-state index in [0.717, 1.165) is 44.3 Å². The maximum atomic E-state index is 4.64. The average Bonchev–Trinajstić information content (AvgIpc) is 2.34. The molecule has 0 N–H and O–H groups in total. The highest BCUT2D eigenvalue weighted by molar-refractivity contribution is 8.00. The minimum Gasteiger partial charge on any atom is -0.179 e. The lowest BCUT2D eigenvalue weighted by molar-refractivity contribution is 0.592. The molecule has 0 radical (unpaired) electrons. The zero-order chi connectivity index (χ0) is 14.8. The molecule has 0 fully saturated rings. The molecule has 4 unspecified atom stereocenters. The highest BCUT2D eigenvalue weighted by Gasteiger charge is 2.16. The van der Waals surface area contributed by atoms with Gasteiger partial charge in [-0.15, -0.1) is 0 Å². The predicted molar refractivity (Wildman–Crippen MR) is 114 cm³/mol. The van der Waals surface area contributed by atoms with Crippen LogP contribution in [0.15, 0.2) is 0 Å². The molecule has 0 aliphatic heterocycles. The summed E-state index contributed by atoms with van der Waals surface area (Å²) in [6.07, 6.45) is 6.36. The third kappa shape index (κ3) is 12.7. The van der Waals surface area contributed by atoms with Gasteiger partial charge in [0.15, 0.2) is 0 Å². The van der Waals surface area contributed by atoms with Crippen molar-refractivity contribution in [2.24, 2.45) is 0 Å². The first-order chi connectivity index (χ1) is 8.86. The van der Waals surface area contributed by atoms with Crippen molar-refractivity contribution < 1.29 is 0 Å². The van der Waals surface area contributed by atoms with Crippen molar-refractivity contribution in [3.05, 3.63) is 0 Å². The van der Waals surface area contributed by atoms with Gasteiger partial charge in [-0.3, -0.25) is 0 Å². The number of hydrogen-bond donors (Lipinski definition) is 7. The maximum Gasteiger partial charge on any atom is 0.0558 e. The highest BCUT2D eigenvalue weighted by Crippen LogP contribution is 2.24. The van der Waals surface area contributed by atoms with Crippen LogP contribution in [-0.4, -0.2) is 31.3 Å². The molecule has 4 atom stereocenters. The SMILES string of the molecule is SCCC(S)CCC(S)CCC(S)CC(S)C(S)S. The summed E-state index contributed by atoms with van der Waals surface area (Å²) >= 11 is 31.0. The Labute approximate surface area is 157 Å². The summed E-state index contributed by atoms with van der Waals surface area (Å²) in [6, 6.07) is 0. The normalized spacial score (nSPS) is 18.3. The predicted octanol–water partition coefficient (Wildman–Crippen LogP) is 4.64. The molecule has 0 bridgehead atoms. The van der Waals surface area contributed by atoms with Gasteiger partial charge in [0, 0.05) is 21.0 Å². The first kappa shape index (κ1) is 21.4. The zero-order valence-corrected chi connectivity index (χ0v) is 17.2. The van der Waals surface area contributed by atoms with Crippen molar-refractivity contribution in [1.29, 1.82) is 0 Å². The fraction of sp³-hybridized carbons (Fsp3) is 1.00. The van der Waals surface area contributed by atoms with Crippen molar-refractivity contribution in [3.8, 4) is 0 Å². The average molecular weight is 395 g/mol. The first-order valence-corrected chi connectivity index (χ1v) is 10.3. The van der Waals surface area contributed by atoms with E-state index in [0.29, 0.717) is 15.7 Å². The Hall–Kier alpha value is 2.45. The second kappa shape index (κ2) is 12.9. The van der Waals surface area contributed by atoms with Gasteiger partial charge in [-0.25, -0.2) is 0 Å². The molecule has 0 aliphatic rings. The van der Waals surface area contributed by atoms with Crippen LogP contribution in [0.2, 0.25) is 0 Å². The molecule has 0 aromatic carbocycles. The molecule has 0 spiro atoms. The summed E-state index contributed by atoms with van der Waals surface area (Å²) in [7, 11) is 0. The Balaban J connectivity index is 3.68. The van der Waals surface area contributed by atoms with E-state index >= 15 is 0 Å². The zero-order valence-electron chi connectivity index (χ0n) is 11.0. The molecule has 0 saturated carbocycles. The number of rotatable bonds is 11. The van der Waals surface area contributed by atoms with Gasteiger partial charge in [0.05, 0.1) is 4.58 Å². The van der Waals surface area contributed by atoms with E-state index in [1.54, 1.807) is 0 Å². The monoisotopic (exact) mass is 394 g/mol. The van der Waals surface area contributed by atoms with Crippen LogP contribution in [0.25, 0.3) is 0 Å². The molecule has 0 saturated heterocycles. The van der Waals surface area contributed by atoms with Crippen molar-refractivity contribution in [3.63, 3.8) is 0 Å². The van der Waals surface area contributed by atoms with Crippen molar-refractivity contribution in [2.45, 2.75) is 64.1 Å². The summed E-state index contributed by atoms with van der Waals surface area (Å²) < 4.78 is 0.0101. The van der Waals surface area contributed by atoms with Crippen LogP contribution < -0.4 is 0 Å². The minimum absolute atomic E-state index is 0.0101. The lowest BCUT2D eigenvalue weighted by Crippen LogP contribution is -2.16. The molecule has 116 valence electrons. The van der Waals surface area contributed by atoms with Crippen LogP contribution in [0.1, 0.15) is 38.5 Å². The molecule has 0 nitrogen and oxygen atoms in total. The van der Waals surface area contributed by atoms with Gasteiger partial charge in [-0.1, -0.05) is 0 Å². The minimum atomic E-state index is 0.0101. The lowest BCUT2D eigenvalue weighted by Gasteiger charge is -2.20. The van der Waals surface area contributed by atoms with Crippen LogP contribution in [-0.2, 0) is 0 Å². The van der Waals surface area contributed by atoms with Gasteiger partial charge in [0.25, 0.3) is 0 Å². The van der Waals surface area contributed by atoms with Crippen LogP contribution in [0, 0.1) is 0 Å². The third-order valence-electron chi connectivity index (χ3n) is 2.99. The molecule has 0 aromatic heterocycles. The van der Waals surface area contributed by atoms with E-state index in [4.69, 9.17) is 0 Å². The van der Waals surface area contributed by atoms with Crippen molar-refractivity contribution >= 4 is 88.4 Å². The van der Waals surface area contributed by atoms with E-state index in [1.165, 1.54) is 0 Å². The maximum absolute atomic E-state index is 4.64. The molecular formula is C12H26S7. The molecule has 0 heterocycles. The highest BCUT2D eigenvalue weighted by atomic mass is 32.2. The Kier molecular flexibility index (Phi) is 14.6. The Bertz CT molecular complexity index is 212. The summed E-state index contributed by atoms with van der Waals surface area (Å²) in [5, 5.41) is 1.42. The summed E-state index contributed by atoms with van der Waals surface area (Å²) in [5.41, 5.74) is 0. The van der Waals surface area contributed by atoms with Crippen LogP contribution >= 0.6 is 88.4 Å². The number of thiol groups is 7. The summed E-state index contributed by atoms with van der Waals surface area (Å²) in [6.45, 7) is 0. The van der Waals surface area contributed by atoms with Crippen LogP contribution in [0.3, 0.4) is 0 Å². The quantitative estimate of drug-likeness (QED) is 0.193. The fourth-order valence-corrected chi connectivity index (χ4v) is 3.86. The molecule has 19 heavy (non-hydrogen) atoms. The van der Waals surface area contributed by atoms with E-state index in [1.807, 2.05) is 0 Å². The summed E-state index contributed by atoms with van der Waals surface area (Å²) in [4.78, 5) is 0. The standard InChI is InChI=1S/C12H26S7/c13-6-5-9(15)2-1-8(14)3-4-10(16)7-11(17)12(18)19/h8-19H,1-7H2. The third-order valence-corrected chi connectivity index (χ3v) is 6.45. The van der Waals surface area contributed by atoms with E-state index < -0.39 is 0 Å². The van der Waals surface area contributed by atoms with Gasteiger partial charge in [0.1, 0.15) is 0 Å². The van der Waals surface area contributed by atoms with Gasteiger partial charge < -0.3 is 0 Å². The molecule has 0 rings (SSSR count). The first-order valence-electron chi connectivity index (χ1n) is 6.56. The Morgan fingerprint density at radius 3 is 1.42 bits per heavy atom. The molecule has 0 aliphatic carbocycles. The second-order valence-electron chi connectivity index (χ2n) is 4.85. The van der Waals surface area contributed by atoms with Gasteiger partial charge in [-0.2, -0.15) is 88.4 Å². The second-order valence-corrected chi connectivity index (χ2v) is 9.67.